The average Bonchev–Trinajstić information content (AvgIpc) is 3.51. The maximum atomic E-state index is 12.5. The van der Waals surface area contributed by atoms with Crippen molar-refractivity contribution in [1.82, 2.24) is 9.97 Å². The fraction of sp³-hybridized carbons (Fsp3) is 0.379. The molecule has 0 fully saturated rings. The topological polar surface area (TPSA) is 92.5 Å². The first-order valence-electron chi connectivity index (χ1n) is 12.5. The minimum absolute atomic E-state index is 0.0696. The van der Waals surface area contributed by atoms with Gasteiger partial charge < -0.3 is 19.0 Å². The average molecular weight is 585 g/mol. The van der Waals surface area contributed by atoms with E-state index in [1.807, 2.05) is 13.8 Å². The summed E-state index contributed by atoms with van der Waals surface area (Å²) in [6, 6.07) is 9.25. The van der Waals surface area contributed by atoms with E-state index in [2.05, 4.69) is 9.97 Å². The lowest BCUT2D eigenvalue weighted by molar-refractivity contribution is -0.138. The first-order valence-corrected chi connectivity index (χ1v) is 12.5. The molecule has 0 amide bonds. The number of benzene rings is 2. The third-order valence-corrected chi connectivity index (χ3v) is 6.32. The van der Waals surface area contributed by atoms with Gasteiger partial charge in [-0.3, -0.25) is 0 Å². The van der Waals surface area contributed by atoms with Gasteiger partial charge in [0.2, 0.25) is 11.8 Å². The van der Waals surface area contributed by atoms with E-state index in [4.69, 9.17) is 13.9 Å². The predicted octanol–water partition coefficient (Wildman–Crippen LogP) is 7.70. The number of hydrogen-bond donors (Lipinski definition) is 2. The van der Waals surface area contributed by atoms with Gasteiger partial charge in [-0.25, -0.2) is 9.97 Å². The second kappa shape index (κ2) is 12.1. The fourth-order valence-electron chi connectivity index (χ4n) is 3.90. The Morgan fingerprint density at radius 2 is 1.12 bits per heavy atom. The molecule has 222 valence electrons. The third-order valence-electron chi connectivity index (χ3n) is 6.32. The van der Waals surface area contributed by atoms with Crippen LogP contribution in [0.25, 0.3) is 22.9 Å². The van der Waals surface area contributed by atoms with Crippen molar-refractivity contribution in [3.8, 4) is 22.9 Å². The molecule has 0 radical (unpaired) electrons. The minimum Gasteiger partial charge on any atom is -0.441 e. The molecule has 0 aliphatic heterocycles. The third kappa shape index (κ3) is 7.56. The van der Waals surface area contributed by atoms with E-state index in [0.717, 1.165) is 24.3 Å². The van der Waals surface area contributed by atoms with Crippen molar-refractivity contribution in [2.24, 2.45) is 0 Å². The van der Waals surface area contributed by atoms with Gasteiger partial charge in [0, 0.05) is 22.5 Å². The van der Waals surface area contributed by atoms with Gasteiger partial charge >= 0.3 is 12.4 Å². The number of hydrogen-bond acceptors (Lipinski definition) is 6. The van der Waals surface area contributed by atoms with Crippen molar-refractivity contribution >= 4 is 0 Å². The number of halogens is 6. The molecule has 1 atom stereocenters. The highest BCUT2D eigenvalue weighted by atomic mass is 19.4. The summed E-state index contributed by atoms with van der Waals surface area (Å²) in [5.74, 6) is 1.43. The molecule has 12 heteroatoms. The van der Waals surface area contributed by atoms with E-state index in [0.29, 0.717) is 34.0 Å². The molecule has 0 saturated carbocycles. The summed E-state index contributed by atoms with van der Waals surface area (Å²) in [5.41, 5.74) is 0.141. The van der Waals surface area contributed by atoms with E-state index in [1.54, 1.807) is 20.8 Å². The zero-order chi connectivity index (χ0) is 30.8. The quantitative estimate of drug-likeness (QED) is 0.226. The van der Waals surface area contributed by atoms with Gasteiger partial charge in [0.1, 0.15) is 11.5 Å². The number of rotatable bonds is 6. The summed E-state index contributed by atoms with van der Waals surface area (Å²) in [6.45, 7) is 8.67. The zero-order valence-electron chi connectivity index (χ0n) is 23.0. The maximum Gasteiger partial charge on any atom is 0.416 e. The normalized spacial score (nSPS) is 13.1. The second-order valence-corrected chi connectivity index (χ2v) is 10.2. The van der Waals surface area contributed by atoms with Crippen LogP contribution in [0.2, 0.25) is 0 Å². The highest BCUT2D eigenvalue weighted by Gasteiger charge is 2.32. The summed E-state index contributed by atoms with van der Waals surface area (Å²) in [5, 5.41) is 18.5. The van der Waals surface area contributed by atoms with Crippen LogP contribution in [0.3, 0.4) is 0 Å². The predicted molar refractivity (Wildman–Crippen MR) is 139 cm³/mol. The van der Waals surface area contributed by atoms with Crippen LogP contribution in [0.1, 0.15) is 60.7 Å². The molecule has 4 rings (SSSR count). The molecule has 41 heavy (non-hydrogen) atoms. The molecule has 0 spiro atoms. The number of aryl methyl sites for hydroxylation is 2. The van der Waals surface area contributed by atoms with Crippen LogP contribution in [0, 0.1) is 13.8 Å². The Balaban J connectivity index is 0.000000226. The molecule has 0 bridgehead atoms. The van der Waals surface area contributed by atoms with Crippen molar-refractivity contribution in [2.75, 3.05) is 13.2 Å². The Hall–Kier alpha value is -3.64. The van der Waals surface area contributed by atoms with Crippen LogP contribution < -0.4 is 0 Å². The van der Waals surface area contributed by atoms with Gasteiger partial charge in [-0.1, -0.05) is 20.8 Å². The van der Waals surface area contributed by atoms with Crippen LogP contribution in [0.4, 0.5) is 26.3 Å². The molecule has 6 nitrogen and oxygen atoms in total. The Morgan fingerprint density at radius 1 is 0.707 bits per heavy atom. The molecule has 2 N–H and O–H groups in total. The summed E-state index contributed by atoms with van der Waals surface area (Å²) >= 11 is 0. The molecule has 1 unspecified atom stereocenters. The highest BCUT2D eigenvalue weighted by molar-refractivity contribution is 5.55. The Kier molecular flexibility index (Phi) is 9.39. The molecular formula is C29H30F6N2O4. The molecule has 2 aromatic carbocycles. The van der Waals surface area contributed by atoms with Crippen LogP contribution in [-0.4, -0.2) is 33.4 Å². The Morgan fingerprint density at radius 3 is 1.51 bits per heavy atom. The fourth-order valence-corrected chi connectivity index (χ4v) is 3.90. The summed E-state index contributed by atoms with van der Waals surface area (Å²) in [6.07, 6.45) is -8.73. The number of aromatic nitrogens is 2. The lowest BCUT2D eigenvalue weighted by atomic mass is 9.89. The van der Waals surface area contributed by atoms with Crippen LogP contribution in [-0.2, 0) is 17.8 Å². The van der Waals surface area contributed by atoms with Crippen molar-refractivity contribution < 1.29 is 45.4 Å². The summed E-state index contributed by atoms with van der Waals surface area (Å²) in [4.78, 5) is 8.54. The van der Waals surface area contributed by atoms with Crippen LogP contribution in [0.15, 0.2) is 57.4 Å². The van der Waals surface area contributed by atoms with Crippen molar-refractivity contribution in [2.45, 2.75) is 58.3 Å². The molecule has 2 heterocycles. The number of aliphatic hydroxyl groups excluding tert-OH is 2. The minimum atomic E-state index is -4.37. The first kappa shape index (κ1) is 31.9. The van der Waals surface area contributed by atoms with Gasteiger partial charge in [0.15, 0.2) is 0 Å². The van der Waals surface area contributed by atoms with Crippen molar-refractivity contribution in [1.29, 1.82) is 0 Å². The van der Waals surface area contributed by atoms with Crippen molar-refractivity contribution in [3.63, 3.8) is 0 Å². The van der Waals surface area contributed by atoms with Gasteiger partial charge in [-0.15, -0.1) is 0 Å². The second-order valence-electron chi connectivity index (χ2n) is 10.2. The van der Waals surface area contributed by atoms with Gasteiger partial charge in [0.05, 0.1) is 35.7 Å². The highest BCUT2D eigenvalue weighted by Crippen LogP contribution is 2.34. The van der Waals surface area contributed by atoms with E-state index >= 15 is 0 Å². The standard InChI is InChI=1S/C15H16F3NO2.C14H14F3NO2/c1-9-12(14(2,3)8-20)19-13(21-9)10-4-6-11(7-5-10)15(16,17)18;1-8(7-19)12-9(2)20-13(18-12)10-3-5-11(6-4-10)14(15,16)17/h4-7,20H,8H2,1-3H3;3-6,8,19H,7H2,1-2H3. The van der Waals surface area contributed by atoms with E-state index in [9.17, 15) is 31.4 Å². The smallest absolute Gasteiger partial charge is 0.416 e. The van der Waals surface area contributed by atoms with E-state index in [-0.39, 0.29) is 30.9 Å². The molecule has 4 aromatic rings. The lowest BCUT2D eigenvalue weighted by Crippen LogP contribution is -2.23. The summed E-state index contributed by atoms with van der Waals surface area (Å²) in [7, 11) is 0. The van der Waals surface area contributed by atoms with Gasteiger partial charge in [-0.2, -0.15) is 26.3 Å². The first-order chi connectivity index (χ1) is 19.0. The Bertz CT molecular complexity index is 1440. The molecule has 0 saturated heterocycles. The van der Waals surface area contributed by atoms with E-state index in [1.165, 1.54) is 24.3 Å². The number of nitrogens with zero attached hydrogens (tertiary/aromatic N) is 2. The number of alkyl halides is 6. The maximum absolute atomic E-state index is 12.5. The van der Waals surface area contributed by atoms with Gasteiger partial charge in [0.25, 0.3) is 0 Å². The molecule has 0 aliphatic rings. The van der Waals surface area contributed by atoms with Crippen molar-refractivity contribution in [3.05, 3.63) is 82.6 Å². The number of aliphatic hydroxyl groups is 2. The zero-order valence-corrected chi connectivity index (χ0v) is 23.0. The summed E-state index contributed by atoms with van der Waals surface area (Å²) < 4.78 is 86.0. The molecular weight excluding hydrogens is 554 g/mol. The number of oxazole rings is 2. The molecule has 0 aliphatic carbocycles. The van der Waals surface area contributed by atoms with E-state index < -0.39 is 28.9 Å². The molecule has 2 aromatic heterocycles. The van der Waals surface area contributed by atoms with Crippen LogP contribution >= 0.6 is 0 Å². The Labute approximate surface area is 232 Å². The van der Waals surface area contributed by atoms with Gasteiger partial charge in [-0.05, 0) is 62.4 Å². The van der Waals surface area contributed by atoms with Crippen LogP contribution in [0.5, 0.6) is 0 Å². The largest absolute Gasteiger partial charge is 0.441 e. The SMILES string of the molecule is Cc1oc(-c2ccc(C(F)(F)F)cc2)nc1C(C)(C)CO.Cc1oc(-c2ccc(C(F)(F)F)cc2)nc1C(C)CO. The monoisotopic (exact) mass is 584 g/mol. The lowest BCUT2D eigenvalue weighted by Gasteiger charge is -2.18.